The van der Waals surface area contributed by atoms with Crippen LogP contribution < -0.4 is 0 Å². The smallest absolute Gasteiger partial charge is 0.325 e. The maximum absolute atomic E-state index is 11.1. The molecule has 0 fully saturated rings. The number of rotatable bonds is 6. The van der Waals surface area contributed by atoms with E-state index in [0.29, 0.717) is 0 Å². The molecular weight excluding hydrogens is 258 g/mol. The lowest BCUT2D eigenvalue weighted by molar-refractivity contribution is -0.194. The maximum Gasteiger partial charge on any atom is 0.325 e. The van der Waals surface area contributed by atoms with E-state index in [1.54, 1.807) is 0 Å². The minimum Gasteiger partial charge on any atom is -0.480 e. The van der Waals surface area contributed by atoms with Crippen molar-refractivity contribution in [2.45, 2.75) is 12.6 Å². The van der Waals surface area contributed by atoms with Crippen LogP contribution in [0.25, 0.3) is 10.8 Å². The summed E-state index contributed by atoms with van der Waals surface area (Å²) in [6.07, 6.45) is 0. The molecule has 0 aromatic heterocycles. The summed E-state index contributed by atoms with van der Waals surface area (Å²) in [5.74, 6) is -1.12. The molecule has 106 valence electrons. The van der Waals surface area contributed by atoms with Crippen molar-refractivity contribution in [3.8, 4) is 0 Å². The van der Waals surface area contributed by atoms with E-state index in [0.717, 1.165) is 16.3 Å². The summed E-state index contributed by atoms with van der Waals surface area (Å²) < 4.78 is 0. The number of hydrogen-bond donors (Lipinski definition) is 2. The molecule has 0 aliphatic carbocycles. The van der Waals surface area contributed by atoms with E-state index in [-0.39, 0.29) is 6.54 Å². The molecule has 0 saturated carbocycles. The molecule has 2 N–H and O–H groups in total. The molecule has 0 aliphatic heterocycles. The molecule has 2 aromatic carbocycles. The van der Waals surface area contributed by atoms with E-state index in [1.165, 1.54) is 12.2 Å². The molecule has 1 unspecified atom stereocenters. The maximum atomic E-state index is 11.1. The fourth-order valence-electron chi connectivity index (χ4n) is 2.19. The Kier molecular flexibility index (Phi) is 4.68. The first-order valence-electron chi connectivity index (χ1n) is 6.28. The molecule has 2 rings (SSSR count). The number of aliphatic carboxylic acids is 1. The normalized spacial score (nSPS) is 12.8. The van der Waals surface area contributed by atoms with Crippen molar-refractivity contribution in [2.75, 3.05) is 13.7 Å². The summed E-state index contributed by atoms with van der Waals surface area (Å²) in [6.45, 7) is -0.219. The van der Waals surface area contributed by atoms with E-state index in [2.05, 4.69) is 0 Å². The highest BCUT2D eigenvalue weighted by atomic mass is 16.7. The van der Waals surface area contributed by atoms with Crippen LogP contribution in [0.3, 0.4) is 0 Å². The van der Waals surface area contributed by atoms with Crippen LogP contribution in [-0.4, -0.2) is 41.0 Å². The summed E-state index contributed by atoms with van der Waals surface area (Å²) in [6, 6.07) is 12.6. The average Bonchev–Trinajstić information content (AvgIpc) is 2.46. The molecular formula is C15H17NO4. The van der Waals surface area contributed by atoms with Crippen molar-refractivity contribution in [3.63, 3.8) is 0 Å². The van der Waals surface area contributed by atoms with Gasteiger partial charge in [0, 0.05) is 0 Å². The van der Waals surface area contributed by atoms with Gasteiger partial charge in [-0.05, 0) is 16.3 Å². The van der Waals surface area contributed by atoms with Gasteiger partial charge < -0.3 is 15.1 Å². The second kappa shape index (κ2) is 6.47. The Bertz CT molecular complexity index is 594. The van der Waals surface area contributed by atoms with Gasteiger partial charge in [0.05, 0.1) is 20.3 Å². The fourth-order valence-corrected chi connectivity index (χ4v) is 2.19. The average molecular weight is 275 g/mol. The topological polar surface area (TPSA) is 70.0 Å². The van der Waals surface area contributed by atoms with Gasteiger partial charge in [-0.3, -0.25) is 4.79 Å². The van der Waals surface area contributed by atoms with Crippen LogP contribution in [0.5, 0.6) is 0 Å². The number of carboxylic acids is 1. The first-order valence-corrected chi connectivity index (χ1v) is 6.28. The van der Waals surface area contributed by atoms with Crippen molar-refractivity contribution in [3.05, 3.63) is 48.0 Å². The summed E-state index contributed by atoms with van der Waals surface area (Å²) in [5.41, 5.74) is 0.949. The molecule has 5 nitrogen and oxygen atoms in total. The Balaban J connectivity index is 2.32. The van der Waals surface area contributed by atoms with Crippen LogP contribution >= 0.6 is 0 Å². The summed E-state index contributed by atoms with van der Waals surface area (Å²) >= 11 is 0. The molecule has 0 radical (unpaired) electrons. The minimum atomic E-state index is -1.12. The summed E-state index contributed by atoms with van der Waals surface area (Å²) in [5, 5.41) is 21.7. The van der Waals surface area contributed by atoms with Crippen LogP contribution in [0.2, 0.25) is 0 Å². The second-order valence-electron chi connectivity index (χ2n) is 4.43. The number of aliphatic hydroxyl groups excluding tert-OH is 1. The van der Waals surface area contributed by atoms with Crippen LogP contribution in [0.15, 0.2) is 42.5 Å². The monoisotopic (exact) mass is 275 g/mol. The number of benzene rings is 2. The van der Waals surface area contributed by atoms with E-state index in [1.807, 2.05) is 42.5 Å². The molecule has 20 heavy (non-hydrogen) atoms. The standard InChI is InChI=1S/C15H17NO4/c1-20-16(14(10-17)15(18)19)9-12-7-4-6-11-5-2-3-8-13(11)12/h2-8,14,17H,9-10H2,1H3,(H,18,19). The van der Waals surface area contributed by atoms with E-state index < -0.39 is 18.6 Å². The molecule has 2 aromatic rings. The Morgan fingerprint density at radius 1 is 1.25 bits per heavy atom. The summed E-state index contributed by atoms with van der Waals surface area (Å²) in [4.78, 5) is 16.2. The molecule has 0 amide bonds. The van der Waals surface area contributed by atoms with Gasteiger partial charge >= 0.3 is 5.97 Å². The fraction of sp³-hybridized carbons (Fsp3) is 0.267. The molecule has 0 bridgehead atoms. The van der Waals surface area contributed by atoms with Gasteiger partial charge in [0.2, 0.25) is 0 Å². The van der Waals surface area contributed by atoms with E-state index in [4.69, 9.17) is 9.94 Å². The van der Waals surface area contributed by atoms with Gasteiger partial charge in [0.25, 0.3) is 0 Å². The first kappa shape index (κ1) is 14.5. The quantitative estimate of drug-likeness (QED) is 0.784. The predicted molar refractivity (Wildman–Crippen MR) is 75.0 cm³/mol. The minimum absolute atomic E-state index is 0.287. The van der Waals surface area contributed by atoms with Crippen LogP contribution in [0, 0.1) is 0 Å². The third-order valence-electron chi connectivity index (χ3n) is 3.25. The number of hydrogen-bond acceptors (Lipinski definition) is 4. The number of aliphatic hydroxyl groups is 1. The molecule has 0 spiro atoms. The molecule has 0 heterocycles. The first-order chi connectivity index (χ1) is 9.67. The third kappa shape index (κ3) is 2.96. The van der Waals surface area contributed by atoms with Crippen molar-refractivity contribution in [2.24, 2.45) is 0 Å². The highest BCUT2D eigenvalue weighted by Crippen LogP contribution is 2.20. The highest BCUT2D eigenvalue weighted by Gasteiger charge is 2.25. The molecule has 1 atom stereocenters. The lowest BCUT2D eigenvalue weighted by Crippen LogP contribution is -2.42. The van der Waals surface area contributed by atoms with Gasteiger partial charge in [0.1, 0.15) is 0 Å². The van der Waals surface area contributed by atoms with Crippen LogP contribution in [-0.2, 0) is 16.2 Å². The Morgan fingerprint density at radius 3 is 2.60 bits per heavy atom. The van der Waals surface area contributed by atoms with E-state index in [9.17, 15) is 9.90 Å². The number of carboxylic acid groups (broad SMARTS) is 1. The number of nitrogens with zero attached hydrogens (tertiary/aromatic N) is 1. The largest absolute Gasteiger partial charge is 0.480 e. The van der Waals surface area contributed by atoms with Crippen LogP contribution in [0.1, 0.15) is 5.56 Å². The zero-order chi connectivity index (χ0) is 14.5. The van der Waals surface area contributed by atoms with Crippen molar-refractivity contribution >= 4 is 16.7 Å². The Hall–Kier alpha value is -1.95. The number of hydroxylamine groups is 2. The number of carbonyl (C=O) groups is 1. The van der Waals surface area contributed by atoms with Gasteiger partial charge in [-0.25, -0.2) is 0 Å². The van der Waals surface area contributed by atoms with Gasteiger partial charge in [-0.15, -0.1) is 0 Å². The zero-order valence-electron chi connectivity index (χ0n) is 11.2. The lowest BCUT2D eigenvalue weighted by atomic mass is 10.0. The van der Waals surface area contributed by atoms with Crippen molar-refractivity contribution < 1.29 is 19.8 Å². The Morgan fingerprint density at radius 2 is 1.95 bits per heavy atom. The van der Waals surface area contributed by atoms with Gasteiger partial charge in [-0.2, -0.15) is 5.06 Å². The van der Waals surface area contributed by atoms with Crippen molar-refractivity contribution in [1.82, 2.24) is 5.06 Å². The highest BCUT2D eigenvalue weighted by molar-refractivity contribution is 5.85. The summed E-state index contributed by atoms with van der Waals surface area (Å²) in [7, 11) is 1.40. The van der Waals surface area contributed by atoms with Gasteiger partial charge in [-0.1, -0.05) is 42.5 Å². The third-order valence-corrected chi connectivity index (χ3v) is 3.25. The molecule has 0 saturated heterocycles. The lowest BCUT2D eigenvalue weighted by Gasteiger charge is -2.25. The Labute approximate surface area is 117 Å². The zero-order valence-corrected chi connectivity index (χ0v) is 11.2. The number of fused-ring (bicyclic) bond motifs is 1. The second-order valence-corrected chi connectivity index (χ2v) is 4.43. The SMILES string of the molecule is CON(Cc1cccc2ccccc12)C(CO)C(=O)O. The van der Waals surface area contributed by atoms with Crippen LogP contribution in [0.4, 0.5) is 0 Å². The van der Waals surface area contributed by atoms with Crippen molar-refractivity contribution in [1.29, 1.82) is 0 Å². The van der Waals surface area contributed by atoms with Gasteiger partial charge in [0.15, 0.2) is 6.04 Å². The predicted octanol–water partition coefficient (Wildman–Crippen LogP) is 1.65. The molecule has 0 aliphatic rings. The molecule has 5 heteroatoms. The van der Waals surface area contributed by atoms with E-state index >= 15 is 0 Å².